The van der Waals surface area contributed by atoms with Gasteiger partial charge in [-0.3, -0.25) is 4.79 Å². The van der Waals surface area contributed by atoms with Crippen LogP contribution >= 0.6 is 11.6 Å². The second kappa shape index (κ2) is 4.04. The zero-order valence-corrected chi connectivity index (χ0v) is 10.5. The van der Waals surface area contributed by atoms with Crippen molar-refractivity contribution < 1.29 is 9.90 Å². The molecule has 0 aliphatic rings. The molecule has 3 heteroatoms. The van der Waals surface area contributed by atoms with Gasteiger partial charge in [0.1, 0.15) is 0 Å². The van der Waals surface area contributed by atoms with Gasteiger partial charge in [-0.15, -0.1) is 0 Å². The van der Waals surface area contributed by atoms with Crippen LogP contribution in [0.1, 0.15) is 19.4 Å². The molecule has 0 spiro atoms. The number of hydrogen-bond donors (Lipinski definition) is 1. The highest BCUT2D eigenvalue weighted by Gasteiger charge is 2.29. The molecule has 0 fully saturated rings. The summed E-state index contributed by atoms with van der Waals surface area (Å²) in [4.78, 5) is 11.2. The summed E-state index contributed by atoms with van der Waals surface area (Å²) in [5.41, 5.74) is -0.0896. The van der Waals surface area contributed by atoms with E-state index in [0.717, 1.165) is 16.3 Å². The SMILES string of the molecule is CC(C)(C(=O)O)c1ccc2cc(Cl)ccc2c1. The van der Waals surface area contributed by atoms with Crippen molar-refractivity contribution in [3.05, 3.63) is 47.0 Å². The predicted molar refractivity (Wildman–Crippen MR) is 69.6 cm³/mol. The fourth-order valence-corrected chi connectivity index (χ4v) is 1.91. The Bertz CT molecular complexity index is 588. The Hall–Kier alpha value is -1.54. The molecule has 0 saturated heterocycles. The van der Waals surface area contributed by atoms with Gasteiger partial charge in [-0.25, -0.2) is 0 Å². The molecular weight excluding hydrogens is 236 g/mol. The molecule has 0 aliphatic carbocycles. The van der Waals surface area contributed by atoms with E-state index in [4.69, 9.17) is 11.6 Å². The molecule has 1 N–H and O–H groups in total. The van der Waals surface area contributed by atoms with Crippen LogP contribution in [-0.4, -0.2) is 11.1 Å². The van der Waals surface area contributed by atoms with E-state index in [0.29, 0.717) is 5.02 Å². The highest BCUT2D eigenvalue weighted by atomic mass is 35.5. The molecule has 2 aromatic rings. The first-order valence-electron chi connectivity index (χ1n) is 5.34. The Labute approximate surface area is 105 Å². The lowest BCUT2D eigenvalue weighted by molar-refractivity contribution is -0.142. The van der Waals surface area contributed by atoms with Crippen LogP contribution in [0.5, 0.6) is 0 Å². The van der Waals surface area contributed by atoms with E-state index in [1.165, 1.54) is 0 Å². The molecule has 0 heterocycles. The van der Waals surface area contributed by atoms with Gasteiger partial charge < -0.3 is 5.11 Å². The smallest absolute Gasteiger partial charge is 0.313 e. The van der Waals surface area contributed by atoms with Gasteiger partial charge in [0.25, 0.3) is 0 Å². The van der Waals surface area contributed by atoms with Crippen molar-refractivity contribution in [1.82, 2.24) is 0 Å². The number of carbonyl (C=O) groups is 1. The maximum Gasteiger partial charge on any atom is 0.313 e. The lowest BCUT2D eigenvalue weighted by atomic mass is 9.84. The zero-order chi connectivity index (χ0) is 12.6. The standard InChI is InChI=1S/C14H13ClO2/c1-14(2,13(16)17)11-5-3-10-8-12(15)6-4-9(10)7-11/h3-8H,1-2H3,(H,16,17). The molecule has 0 radical (unpaired) electrons. The first-order chi connectivity index (χ1) is 7.91. The number of fused-ring (bicyclic) bond motifs is 1. The molecule has 0 aromatic heterocycles. The molecule has 0 aliphatic heterocycles. The van der Waals surface area contributed by atoms with Crippen molar-refractivity contribution in [3.8, 4) is 0 Å². The molecule has 2 rings (SSSR count). The van der Waals surface area contributed by atoms with Crippen molar-refractivity contribution in [2.24, 2.45) is 0 Å². The quantitative estimate of drug-likeness (QED) is 0.876. The first kappa shape index (κ1) is 11.9. The average molecular weight is 249 g/mol. The first-order valence-corrected chi connectivity index (χ1v) is 5.72. The monoisotopic (exact) mass is 248 g/mol. The molecule has 2 nitrogen and oxygen atoms in total. The van der Waals surface area contributed by atoms with Crippen molar-refractivity contribution in [2.45, 2.75) is 19.3 Å². The largest absolute Gasteiger partial charge is 0.481 e. The summed E-state index contributed by atoms with van der Waals surface area (Å²) in [5, 5.41) is 11.9. The number of halogens is 1. The lowest BCUT2D eigenvalue weighted by Gasteiger charge is -2.20. The summed E-state index contributed by atoms with van der Waals surface area (Å²) in [6.07, 6.45) is 0. The minimum Gasteiger partial charge on any atom is -0.481 e. The molecular formula is C14H13ClO2. The topological polar surface area (TPSA) is 37.3 Å². The fourth-order valence-electron chi connectivity index (χ4n) is 1.73. The van der Waals surface area contributed by atoms with Gasteiger partial charge in [0.2, 0.25) is 0 Å². The Morgan fingerprint density at radius 1 is 1.12 bits per heavy atom. The summed E-state index contributed by atoms with van der Waals surface area (Å²) < 4.78 is 0. The minimum absolute atomic E-state index is 0.683. The second-order valence-corrected chi connectivity index (χ2v) is 5.07. The van der Waals surface area contributed by atoms with E-state index in [2.05, 4.69) is 0 Å². The average Bonchev–Trinajstić information content (AvgIpc) is 2.28. The number of carboxylic acids is 1. The molecule has 88 valence electrons. The summed E-state index contributed by atoms with van der Waals surface area (Å²) in [6, 6.07) is 11.2. The van der Waals surface area contributed by atoms with Gasteiger partial charge in [0.15, 0.2) is 0 Å². The van der Waals surface area contributed by atoms with Gasteiger partial charge in [0, 0.05) is 5.02 Å². The Balaban J connectivity index is 2.59. The van der Waals surface area contributed by atoms with E-state index in [9.17, 15) is 9.90 Å². The molecule has 0 amide bonds. The van der Waals surface area contributed by atoms with Crippen LogP contribution in [-0.2, 0) is 10.2 Å². The van der Waals surface area contributed by atoms with E-state index >= 15 is 0 Å². The van der Waals surface area contributed by atoms with Crippen molar-refractivity contribution in [2.75, 3.05) is 0 Å². The predicted octanol–water partition coefficient (Wildman–Crippen LogP) is 3.86. The third-order valence-electron chi connectivity index (χ3n) is 3.06. The number of benzene rings is 2. The van der Waals surface area contributed by atoms with Crippen molar-refractivity contribution in [1.29, 1.82) is 0 Å². The molecule has 0 saturated carbocycles. The fraction of sp³-hybridized carbons (Fsp3) is 0.214. The van der Waals surface area contributed by atoms with E-state index < -0.39 is 11.4 Å². The van der Waals surface area contributed by atoms with Crippen LogP contribution in [0.2, 0.25) is 5.02 Å². The van der Waals surface area contributed by atoms with Crippen LogP contribution in [0.4, 0.5) is 0 Å². The van der Waals surface area contributed by atoms with Crippen LogP contribution in [0.15, 0.2) is 36.4 Å². The highest BCUT2D eigenvalue weighted by molar-refractivity contribution is 6.31. The Morgan fingerprint density at radius 3 is 2.35 bits per heavy atom. The lowest BCUT2D eigenvalue weighted by Crippen LogP contribution is -2.28. The summed E-state index contributed by atoms with van der Waals surface area (Å²) in [5.74, 6) is -0.828. The molecule has 0 atom stereocenters. The third-order valence-corrected chi connectivity index (χ3v) is 3.29. The van der Waals surface area contributed by atoms with Gasteiger partial charge in [-0.2, -0.15) is 0 Å². The molecule has 0 bridgehead atoms. The van der Waals surface area contributed by atoms with Crippen LogP contribution in [0.3, 0.4) is 0 Å². The van der Waals surface area contributed by atoms with E-state index in [1.54, 1.807) is 19.9 Å². The Kier molecular flexibility index (Phi) is 2.84. The van der Waals surface area contributed by atoms with Crippen molar-refractivity contribution >= 4 is 28.3 Å². The number of hydrogen-bond acceptors (Lipinski definition) is 1. The van der Waals surface area contributed by atoms with Crippen LogP contribution < -0.4 is 0 Å². The van der Waals surface area contributed by atoms with Gasteiger partial charge in [-0.05, 0) is 42.3 Å². The molecule has 0 unspecified atom stereocenters. The number of carboxylic acid groups (broad SMARTS) is 1. The van der Waals surface area contributed by atoms with Crippen LogP contribution in [0, 0.1) is 0 Å². The van der Waals surface area contributed by atoms with Gasteiger partial charge in [0.05, 0.1) is 5.41 Å². The third kappa shape index (κ3) is 2.13. The van der Waals surface area contributed by atoms with Gasteiger partial charge in [-0.1, -0.05) is 35.9 Å². The molecule has 2 aromatic carbocycles. The van der Waals surface area contributed by atoms with E-state index in [-0.39, 0.29) is 0 Å². The maximum atomic E-state index is 11.2. The highest BCUT2D eigenvalue weighted by Crippen LogP contribution is 2.28. The summed E-state index contributed by atoms with van der Waals surface area (Å²) in [7, 11) is 0. The summed E-state index contributed by atoms with van der Waals surface area (Å²) >= 11 is 5.90. The second-order valence-electron chi connectivity index (χ2n) is 4.64. The van der Waals surface area contributed by atoms with Crippen molar-refractivity contribution in [3.63, 3.8) is 0 Å². The maximum absolute atomic E-state index is 11.2. The summed E-state index contributed by atoms with van der Waals surface area (Å²) in [6.45, 7) is 3.40. The minimum atomic E-state index is -0.881. The zero-order valence-electron chi connectivity index (χ0n) is 9.70. The van der Waals surface area contributed by atoms with Gasteiger partial charge >= 0.3 is 5.97 Å². The van der Waals surface area contributed by atoms with E-state index in [1.807, 2.05) is 30.3 Å². The number of aliphatic carboxylic acids is 1. The van der Waals surface area contributed by atoms with Crippen LogP contribution in [0.25, 0.3) is 10.8 Å². The number of rotatable bonds is 2. The molecule has 17 heavy (non-hydrogen) atoms. The Morgan fingerprint density at radius 2 is 1.71 bits per heavy atom. The normalized spacial score (nSPS) is 11.7.